The lowest BCUT2D eigenvalue weighted by molar-refractivity contribution is -0.122. The number of amidine groups is 1. The average Bonchev–Trinajstić information content (AvgIpc) is 3.21. The first kappa shape index (κ1) is 23.1. The molecule has 0 atom stereocenters. The number of aliphatic imine (C=N–C) groups is 1. The summed E-state index contributed by atoms with van der Waals surface area (Å²) in [4.78, 5) is 49.4. The van der Waals surface area contributed by atoms with Crippen molar-refractivity contribution >= 4 is 35.5 Å². The third-order valence-electron chi connectivity index (χ3n) is 4.67. The molecule has 3 rings (SSSR count). The monoisotopic (exact) mass is 448 g/mol. The second-order valence-corrected chi connectivity index (χ2v) is 7.34. The van der Waals surface area contributed by atoms with E-state index >= 15 is 0 Å². The Morgan fingerprint density at radius 2 is 1.97 bits per heavy atom. The van der Waals surface area contributed by atoms with E-state index in [1.165, 1.54) is 11.1 Å². The first-order valence-electron chi connectivity index (χ1n) is 9.87. The normalized spacial score (nSPS) is 15.2. The van der Waals surface area contributed by atoms with E-state index in [1.807, 2.05) is 0 Å². The van der Waals surface area contributed by atoms with Gasteiger partial charge in [-0.25, -0.2) is 4.98 Å². The zero-order chi connectivity index (χ0) is 24.1. The van der Waals surface area contributed by atoms with Crippen LogP contribution in [0.25, 0.3) is 17.3 Å². The molecular formula is C22H24N8O3. The molecule has 0 saturated heterocycles. The SMILES string of the molecule is CN=C1NC(C(=O)NCC(N)=O)=C/C1=C\c1cnc(N)c(-c2ccc(C(=O)N(C)C)cn2)c1. The first-order chi connectivity index (χ1) is 15.7. The van der Waals surface area contributed by atoms with Crippen LogP contribution < -0.4 is 22.1 Å². The van der Waals surface area contributed by atoms with Crippen molar-refractivity contribution in [3.63, 3.8) is 0 Å². The molecule has 0 radical (unpaired) electrons. The van der Waals surface area contributed by atoms with E-state index in [-0.39, 0.29) is 24.0 Å². The number of nitrogens with zero attached hydrogens (tertiary/aromatic N) is 4. The summed E-state index contributed by atoms with van der Waals surface area (Å²) in [6.07, 6.45) is 6.46. The number of pyridine rings is 2. The van der Waals surface area contributed by atoms with E-state index < -0.39 is 11.8 Å². The summed E-state index contributed by atoms with van der Waals surface area (Å²) < 4.78 is 0. The van der Waals surface area contributed by atoms with E-state index in [0.717, 1.165) is 0 Å². The van der Waals surface area contributed by atoms with Crippen molar-refractivity contribution in [2.75, 3.05) is 33.4 Å². The highest BCUT2D eigenvalue weighted by atomic mass is 16.2. The fraction of sp³-hybridized carbons (Fsp3) is 0.182. The molecular weight excluding hydrogens is 424 g/mol. The highest BCUT2D eigenvalue weighted by Gasteiger charge is 2.21. The fourth-order valence-corrected chi connectivity index (χ4v) is 3.03. The van der Waals surface area contributed by atoms with Gasteiger partial charge in [-0.15, -0.1) is 0 Å². The van der Waals surface area contributed by atoms with Crippen molar-refractivity contribution in [3.05, 3.63) is 59.1 Å². The molecule has 0 fully saturated rings. The van der Waals surface area contributed by atoms with Gasteiger partial charge in [-0.05, 0) is 35.9 Å². The number of nitrogen functional groups attached to an aromatic ring is 1. The van der Waals surface area contributed by atoms with Crippen molar-refractivity contribution < 1.29 is 14.4 Å². The van der Waals surface area contributed by atoms with Crippen molar-refractivity contribution in [2.24, 2.45) is 10.7 Å². The summed E-state index contributed by atoms with van der Waals surface area (Å²) in [6, 6.07) is 5.19. The Labute approximate surface area is 190 Å². The molecule has 2 aromatic rings. The number of rotatable bonds is 6. The second-order valence-electron chi connectivity index (χ2n) is 7.34. The minimum Gasteiger partial charge on any atom is -0.383 e. The van der Waals surface area contributed by atoms with Gasteiger partial charge in [0, 0.05) is 44.7 Å². The van der Waals surface area contributed by atoms with Gasteiger partial charge >= 0.3 is 0 Å². The van der Waals surface area contributed by atoms with Crippen molar-refractivity contribution in [1.29, 1.82) is 0 Å². The summed E-state index contributed by atoms with van der Waals surface area (Å²) in [5, 5.41) is 5.32. The number of aromatic nitrogens is 2. The maximum Gasteiger partial charge on any atom is 0.268 e. The molecule has 6 N–H and O–H groups in total. The van der Waals surface area contributed by atoms with Crippen LogP contribution >= 0.6 is 0 Å². The Balaban J connectivity index is 1.90. The molecule has 0 unspecified atom stereocenters. The quantitative estimate of drug-likeness (QED) is 0.479. The minimum atomic E-state index is -0.643. The molecule has 170 valence electrons. The van der Waals surface area contributed by atoms with Gasteiger partial charge < -0.3 is 27.0 Å². The molecule has 1 aliphatic heterocycles. The van der Waals surface area contributed by atoms with Crippen molar-refractivity contribution in [2.45, 2.75) is 0 Å². The number of nitrogens with two attached hydrogens (primary N) is 2. The fourth-order valence-electron chi connectivity index (χ4n) is 3.03. The van der Waals surface area contributed by atoms with E-state index in [1.54, 1.807) is 57.7 Å². The Hall–Kier alpha value is -4.54. The van der Waals surface area contributed by atoms with Gasteiger partial charge in [0.2, 0.25) is 5.91 Å². The number of carbonyl (C=O) groups excluding carboxylic acids is 3. The number of amides is 3. The molecule has 2 aromatic heterocycles. The largest absolute Gasteiger partial charge is 0.383 e. The molecule has 11 nitrogen and oxygen atoms in total. The van der Waals surface area contributed by atoms with Gasteiger partial charge in [-0.3, -0.25) is 24.4 Å². The molecule has 11 heteroatoms. The van der Waals surface area contributed by atoms with Gasteiger partial charge in [0.1, 0.15) is 17.4 Å². The van der Waals surface area contributed by atoms with E-state index in [4.69, 9.17) is 11.5 Å². The van der Waals surface area contributed by atoms with Gasteiger partial charge in [0.25, 0.3) is 11.8 Å². The summed E-state index contributed by atoms with van der Waals surface area (Å²) >= 11 is 0. The van der Waals surface area contributed by atoms with Crippen molar-refractivity contribution in [1.82, 2.24) is 25.5 Å². The van der Waals surface area contributed by atoms with Crippen LogP contribution in [0.1, 0.15) is 15.9 Å². The Morgan fingerprint density at radius 1 is 1.21 bits per heavy atom. The molecule has 0 aromatic carbocycles. The number of hydrogen-bond donors (Lipinski definition) is 4. The Kier molecular flexibility index (Phi) is 6.82. The Bertz CT molecular complexity index is 1200. The van der Waals surface area contributed by atoms with Gasteiger partial charge in [0.05, 0.1) is 17.8 Å². The molecule has 0 saturated carbocycles. The predicted molar refractivity (Wildman–Crippen MR) is 125 cm³/mol. The smallest absolute Gasteiger partial charge is 0.268 e. The lowest BCUT2D eigenvalue weighted by Crippen LogP contribution is -2.37. The van der Waals surface area contributed by atoms with E-state index in [9.17, 15) is 14.4 Å². The average molecular weight is 448 g/mol. The Morgan fingerprint density at radius 3 is 2.58 bits per heavy atom. The molecule has 1 aliphatic rings. The molecule has 33 heavy (non-hydrogen) atoms. The second kappa shape index (κ2) is 9.73. The highest BCUT2D eigenvalue weighted by molar-refractivity contribution is 6.14. The van der Waals surface area contributed by atoms with Gasteiger partial charge in [-0.1, -0.05) is 0 Å². The summed E-state index contributed by atoms with van der Waals surface area (Å²) in [7, 11) is 4.92. The summed E-state index contributed by atoms with van der Waals surface area (Å²) in [6.45, 7) is -0.271. The van der Waals surface area contributed by atoms with Gasteiger partial charge in [-0.2, -0.15) is 0 Å². The minimum absolute atomic E-state index is 0.152. The number of anilines is 1. The first-order valence-corrected chi connectivity index (χ1v) is 9.87. The third kappa shape index (κ3) is 5.39. The van der Waals surface area contributed by atoms with Crippen LogP contribution in [0, 0.1) is 0 Å². The maximum atomic E-state index is 12.2. The topological polar surface area (TPSA) is 169 Å². The van der Waals surface area contributed by atoms with Crippen LogP contribution in [0.3, 0.4) is 0 Å². The van der Waals surface area contributed by atoms with Crippen LogP contribution in [0.5, 0.6) is 0 Å². The highest BCUT2D eigenvalue weighted by Crippen LogP contribution is 2.25. The third-order valence-corrected chi connectivity index (χ3v) is 4.67. The summed E-state index contributed by atoms with van der Waals surface area (Å²) in [5.74, 6) is -0.517. The van der Waals surface area contributed by atoms with Gasteiger partial charge in [0.15, 0.2) is 0 Å². The predicted octanol–water partition coefficient (Wildman–Crippen LogP) is -0.0721. The standard InChI is InChI=1S/C22H24N8O3/c1-25-20-14(8-17(29-20)21(32)28-11-18(23)31)6-12-7-15(19(24)27-9-12)16-5-4-13(10-26-16)22(33)30(2)3/h4-10H,11H2,1-3H3,(H2,23,31)(H2,24,27)(H,25,29)(H,28,32)/b14-6+. The van der Waals surface area contributed by atoms with E-state index in [2.05, 4.69) is 25.6 Å². The molecule has 0 aliphatic carbocycles. The molecule has 0 spiro atoms. The maximum absolute atomic E-state index is 12.2. The van der Waals surface area contributed by atoms with E-state index in [0.29, 0.717) is 33.8 Å². The lowest BCUT2D eigenvalue weighted by atomic mass is 10.1. The lowest BCUT2D eigenvalue weighted by Gasteiger charge is -2.11. The van der Waals surface area contributed by atoms with Crippen LogP contribution in [-0.4, -0.2) is 66.1 Å². The van der Waals surface area contributed by atoms with Crippen LogP contribution in [0.15, 0.2) is 52.9 Å². The number of primary amides is 1. The molecule has 3 heterocycles. The summed E-state index contributed by atoms with van der Waals surface area (Å²) in [5.41, 5.74) is 14.3. The van der Waals surface area contributed by atoms with Crippen molar-refractivity contribution in [3.8, 4) is 11.3 Å². The zero-order valence-electron chi connectivity index (χ0n) is 18.4. The molecule has 0 bridgehead atoms. The number of carbonyl (C=O) groups is 3. The zero-order valence-corrected chi connectivity index (χ0v) is 18.4. The molecule has 3 amide bonds. The van der Waals surface area contributed by atoms with Crippen LogP contribution in [-0.2, 0) is 9.59 Å². The number of nitrogens with one attached hydrogen (secondary N) is 2. The van der Waals surface area contributed by atoms with Crippen LogP contribution in [0.4, 0.5) is 5.82 Å². The number of hydrogen-bond acceptors (Lipinski definition) is 7. The van der Waals surface area contributed by atoms with Crippen LogP contribution in [0.2, 0.25) is 0 Å².